The smallest absolute Gasteiger partial charge is 0.251 e. The molecule has 1 aromatic heterocycles. The van der Waals surface area contributed by atoms with Gasteiger partial charge in [0.25, 0.3) is 10.0 Å². The predicted molar refractivity (Wildman–Crippen MR) is 46.9 cm³/mol. The van der Waals surface area contributed by atoms with E-state index in [-0.39, 0.29) is 4.21 Å². The van der Waals surface area contributed by atoms with Crippen LogP contribution in [0.15, 0.2) is 15.7 Å². The van der Waals surface area contributed by atoms with Crippen LogP contribution < -0.4 is 9.88 Å². The van der Waals surface area contributed by atoms with Gasteiger partial charge in [-0.3, -0.25) is 0 Å². The highest BCUT2D eigenvalue weighted by Crippen LogP contribution is 2.28. The summed E-state index contributed by atoms with van der Waals surface area (Å²) in [6.45, 7) is 2.21. The van der Waals surface area contributed by atoms with Crippen molar-refractivity contribution >= 4 is 21.4 Å². The van der Waals surface area contributed by atoms with Gasteiger partial charge >= 0.3 is 0 Å². The molecule has 12 heavy (non-hydrogen) atoms. The fourth-order valence-electron chi connectivity index (χ4n) is 0.754. The number of ether oxygens (including phenoxy) is 1. The van der Waals surface area contributed by atoms with Gasteiger partial charge in [-0.1, -0.05) is 0 Å². The van der Waals surface area contributed by atoms with Crippen LogP contribution in [0.1, 0.15) is 6.92 Å². The van der Waals surface area contributed by atoms with Gasteiger partial charge in [0.1, 0.15) is 5.75 Å². The maximum atomic E-state index is 10.9. The van der Waals surface area contributed by atoms with Gasteiger partial charge < -0.3 is 4.74 Å². The van der Waals surface area contributed by atoms with Crippen LogP contribution in [-0.2, 0) is 10.0 Å². The van der Waals surface area contributed by atoms with Gasteiger partial charge in [0, 0.05) is 0 Å². The van der Waals surface area contributed by atoms with E-state index in [9.17, 15) is 8.42 Å². The molecule has 4 nitrogen and oxygen atoms in total. The highest BCUT2D eigenvalue weighted by atomic mass is 32.2. The van der Waals surface area contributed by atoms with Crippen LogP contribution >= 0.6 is 11.3 Å². The van der Waals surface area contributed by atoms with Gasteiger partial charge in [0.2, 0.25) is 0 Å². The molecule has 0 atom stereocenters. The Kier molecular flexibility index (Phi) is 2.71. The van der Waals surface area contributed by atoms with E-state index in [1.54, 1.807) is 18.4 Å². The highest BCUT2D eigenvalue weighted by Gasteiger charge is 2.16. The zero-order valence-electron chi connectivity index (χ0n) is 6.48. The molecule has 0 spiro atoms. The first-order valence-corrected chi connectivity index (χ1v) is 5.71. The van der Waals surface area contributed by atoms with Crippen LogP contribution in [0.4, 0.5) is 0 Å². The molecule has 0 saturated heterocycles. The third-order valence-electron chi connectivity index (χ3n) is 1.15. The molecule has 0 aliphatic carbocycles. The molecule has 0 bridgehead atoms. The monoisotopic (exact) mass is 207 g/mol. The van der Waals surface area contributed by atoms with E-state index in [0.717, 1.165) is 11.3 Å². The Bertz CT molecular complexity index is 355. The van der Waals surface area contributed by atoms with Crippen molar-refractivity contribution < 1.29 is 13.2 Å². The van der Waals surface area contributed by atoms with E-state index in [4.69, 9.17) is 9.88 Å². The third-order valence-corrected chi connectivity index (χ3v) is 3.54. The van der Waals surface area contributed by atoms with Crippen LogP contribution in [0.3, 0.4) is 0 Å². The summed E-state index contributed by atoms with van der Waals surface area (Å²) in [5.41, 5.74) is 0. The Morgan fingerprint density at radius 2 is 2.33 bits per heavy atom. The number of nitrogens with two attached hydrogens (primary N) is 1. The Labute approximate surface area is 75.0 Å². The lowest BCUT2D eigenvalue weighted by Crippen LogP contribution is -2.11. The van der Waals surface area contributed by atoms with Crippen molar-refractivity contribution in [2.75, 3.05) is 6.61 Å². The molecule has 0 aliphatic rings. The molecule has 1 heterocycles. The molecule has 0 unspecified atom stereocenters. The summed E-state index contributed by atoms with van der Waals surface area (Å²) in [6, 6.07) is 1.59. The molecule has 0 saturated carbocycles. The average molecular weight is 207 g/mol. The summed E-state index contributed by atoms with van der Waals surface area (Å²) in [7, 11) is -3.62. The third kappa shape index (κ3) is 1.96. The SMILES string of the molecule is CCOc1ccsc1S(N)(=O)=O. The van der Waals surface area contributed by atoms with Crippen LogP contribution in [-0.4, -0.2) is 15.0 Å². The van der Waals surface area contributed by atoms with Gasteiger partial charge in [0.15, 0.2) is 4.21 Å². The second kappa shape index (κ2) is 3.42. The number of hydrogen-bond donors (Lipinski definition) is 1. The number of hydrogen-bond acceptors (Lipinski definition) is 4. The molecular weight excluding hydrogens is 198 g/mol. The van der Waals surface area contributed by atoms with Crippen molar-refractivity contribution in [3.05, 3.63) is 11.4 Å². The van der Waals surface area contributed by atoms with Crippen molar-refractivity contribution in [1.29, 1.82) is 0 Å². The fourth-order valence-corrected chi connectivity index (χ4v) is 2.42. The number of thiophene rings is 1. The second-order valence-corrected chi connectivity index (χ2v) is 4.72. The van der Waals surface area contributed by atoms with Crippen molar-refractivity contribution in [1.82, 2.24) is 0 Å². The van der Waals surface area contributed by atoms with Crippen molar-refractivity contribution in [3.8, 4) is 5.75 Å². The topological polar surface area (TPSA) is 69.4 Å². The van der Waals surface area contributed by atoms with Gasteiger partial charge in [0.05, 0.1) is 6.61 Å². The summed E-state index contributed by atoms with van der Waals surface area (Å²) >= 11 is 1.06. The lowest BCUT2D eigenvalue weighted by molar-refractivity contribution is 0.334. The van der Waals surface area contributed by atoms with E-state index in [1.165, 1.54) is 0 Å². The van der Waals surface area contributed by atoms with Crippen LogP contribution in [0.5, 0.6) is 5.75 Å². The minimum Gasteiger partial charge on any atom is -0.492 e. The Hall–Kier alpha value is -0.590. The van der Waals surface area contributed by atoms with Crippen LogP contribution in [0.25, 0.3) is 0 Å². The molecule has 0 radical (unpaired) electrons. The van der Waals surface area contributed by atoms with Crippen LogP contribution in [0.2, 0.25) is 0 Å². The number of primary sulfonamides is 1. The van der Waals surface area contributed by atoms with Crippen molar-refractivity contribution in [2.24, 2.45) is 5.14 Å². The van der Waals surface area contributed by atoms with Gasteiger partial charge in [-0.25, -0.2) is 13.6 Å². The summed E-state index contributed by atoms with van der Waals surface area (Å²) in [5.74, 6) is 0.338. The lowest BCUT2D eigenvalue weighted by atomic mass is 10.6. The Morgan fingerprint density at radius 1 is 1.67 bits per heavy atom. The zero-order chi connectivity index (χ0) is 9.19. The quantitative estimate of drug-likeness (QED) is 0.796. The molecule has 2 N–H and O–H groups in total. The Morgan fingerprint density at radius 3 is 2.83 bits per heavy atom. The number of rotatable bonds is 3. The summed E-state index contributed by atoms with van der Waals surface area (Å²) in [6.07, 6.45) is 0. The fraction of sp³-hybridized carbons (Fsp3) is 0.333. The van der Waals surface area contributed by atoms with Crippen molar-refractivity contribution in [3.63, 3.8) is 0 Å². The number of sulfonamides is 1. The second-order valence-electron chi connectivity index (χ2n) is 2.05. The standard InChI is InChI=1S/C6H9NO3S2/c1-2-10-5-3-4-11-6(5)12(7,8)9/h3-4H,2H2,1H3,(H2,7,8,9). The molecule has 68 valence electrons. The molecule has 1 rings (SSSR count). The molecule has 0 aromatic carbocycles. The van der Waals surface area contributed by atoms with Crippen LogP contribution in [0, 0.1) is 0 Å². The maximum absolute atomic E-state index is 10.9. The maximum Gasteiger partial charge on any atom is 0.251 e. The van der Waals surface area contributed by atoms with E-state index in [2.05, 4.69) is 0 Å². The minimum absolute atomic E-state index is 0.0874. The predicted octanol–water partition coefficient (Wildman–Crippen LogP) is 0.794. The normalized spacial score (nSPS) is 11.5. The summed E-state index contributed by atoms with van der Waals surface area (Å²) in [5, 5.41) is 6.56. The molecule has 6 heteroatoms. The van der Waals surface area contributed by atoms with Gasteiger partial charge in [-0.05, 0) is 18.4 Å². The molecule has 1 aromatic rings. The first-order valence-electron chi connectivity index (χ1n) is 3.28. The highest BCUT2D eigenvalue weighted by molar-refractivity contribution is 7.91. The average Bonchev–Trinajstić information content (AvgIpc) is 2.34. The van der Waals surface area contributed by atoms with E-state index in [0.29, 0.717) is 12.4 Å². The summed E-state index contributed by atoms with van der Waals surface area (Å²) in [4.78, 5) is 0. The Balaban J connectivity index is 3.08. The van der Waals surface area contributed by atoms with Gasteiger partial charge in [-0.15, -0.1) is 11.3 Å². The lowest BCUT2D eigenvalue weighted by Gasteiger charge is -2.01. The minimum atomic E-state index is -3.62. The molecule has 0 amide bonds. The first kappa shape index (κ1) is 9.50. The van der Waals surface area contributed by atoms with E-state index >= 15 is 0 Å². The van der Waals surface area contributed by atoms with Crippen molar-refractivity contribution in [2.45, 2.75) is 11.1 Å². The molecular formula is C6H9NO3S2. The largest absolute Gasteiger partial charge is 0.492 e. The molecule has 0 aliphatic heterocycles. The molecule has 0 fully saturated rings. The first-order chi connectivity index (χ1) is 5.55. The van der Waals surface area contributed by atoms with E-state index in [1.807, 2.05) is 0 Å². The van der Waals surface area contributed by atoms with Gasteiger partial charge in [-0.2, -0.15) is 0 Å². The summed E-state index contributed by atoms with van der Waals surface area (Å²) < 4.78 is 26.9. The zero-order valence-corrected chi connectivity index (χ0v) is 8.11. The van der Waals surface area contributed by atoms with E-state index < -0.39 is 10.0 Å².